The molecule has 1 heterocycles. The van der Waals surface area contributed by atoms with Crippen molar-refractivity contribution in [3.05, 3.63) is 11.7 Å². The van der Waals surface area contributed by atoms with E-state index in [1.165, 1.54) is 7.05 Å². The second kappa shape index (κ2) is 2.85. The third kappa shape index (κ3) is 1.11. The first-order valence-electron chi connectivity index (χ1n) is 3.17. The third-order valence-corrected chi connectivity index (χ3v) is 1.52. The van der Waals surface area contributed by atoms with Crippen LogP contribution in [0.2, 0.25) is 0 Å². The molecule has 0 spiro atoms. The van der Waals surface area contributed by atoms with Crippen LogP contribution < -0.4 is 16.7 Å². The molecule has 12 heavy (non-hydrogen) atoms. The summed E-state index contributed by atoms with van der Waals surface area (Å²) in [6.45, 7) is 0. The van der Waals surface area contributed by atoms with Gasteiger partial charge in [0.2, 0.25) is 11.7 Å². The van der Waals surface area contributed by atoms with Gasteiger partial charge < -0.3 is 4.74 Å². The Bertz CT molecular complexity index is 221. The van der Waals surface area contributed by atoms with Crippen LogP contribution in [0.25, 0.3) is 0 Å². The van der Waals surface area contributed by atoms with E-state index < -0.39 is 17.6 Å². The summed E-state index contributed by atoms with van der Waals surface area (Å²) in [5, 5.41) is 0.832. The molecule has 0 aromatic heterocycles. The monoisotopic (exact) mass is 180 g/mol. The highest BCUT2D eigenvalue weighted by Gasteiger charge is 2.46. The van der Waals surface area contributed by atoms with E-state index in [-0.39, 0.29) is 0 Å². The summed E-state index contributed by atoms with van der Waals surface area (Å²) in [6, 6.07) is 0. The second-order valence-electron chi connectivity index (χ2n) is 2.30. The predicted molar refractivity (Wildman–Crippen MR) is 37.2 cm³/mol. The van der Waals surface area contributed by atoms with Crippen molar-refractivity contribution in [2.45, 2.75) is 5.92 Å². The number of hydrazine groups is 2. The maximum Gasteiger partial charge on any atom is 0.307 e. The van der Waals surface area contributed by atoms with E-state index >= 15 is 0 Å². The highest BCUT2D eigenvalue weighted by molar-refractivity contribution is 5.15. The van der Waals surface area contributed by atoms with E-state index in [1.54, 1.807) is 5.43 Å². The molecule has 0 aromatic rings. The zero-order valence-corrected chi connectivity index (χ0v) is 6.69. The van der Waals surface area contributed by atoms with Gasteiger partial charge >= 0.3 is 5.92 Å². The van der Waals surface area contributed by atoms with Gasteiger partial charge in [0, 0.05) is 7.05 Å². The Morgan fingerprint density at radius 2 is 2.33 bits per heavy atom. The molecule has 4 N–H and O–H groups in total. The summed E-state index contributed by atoms with van der Waals surface area (Å²) in [6.07, 6.45) is 0. The summed E-state index contributed by atoms with van der Waals surface area (Å²) in [5.41, 5.74) is 3.85. The molecule has 0 fully saturated rings. The minimum absolute atomic E-state index is 0.521. The molecular weight excluding hydrogens is 170 g/mol. The molecule has 0 amide bonds. The summed E-state index contributed by atoms with van der Waals surface area (Å²) in [4.78, 5) is 0. The van der Waals surface area contributed by atoms with Crippen LogP contribution in [0.5, 0.6) is 0 Å². The topological polar surface area (TPSA) is 62.5 Å². The van der Waals surface area contributed by atoms with Crippen molar-refractivity contribution in [1.29, 1.82) is 0 Å². The molecule has 1 atom stereocenters. The van der Waals surface area contributed by atoms with Gasteiger partial charge in [-0.05, 0) is 0 Å². The van der Waals surface area contributed by atoms with Crippen LogP contribution in [0.1, 0.15) is 0 Å². The molecule has 7 heteroatoms. The molecule has 0 saturated carbocycles. The summed E-state index contributed by atoms with van der Waals surface area (Å²) in [7, 11) is 2.45. The number of hydrogen-bond donors (Lipinski definition) is 3. The molecule has 5 nitrogen and oxygen atoms in total. The predicted octanol–water partition coefficient (Wildman–Crippen LogP) is -0.692. The fourth-order valence-electron chi connectivity index (χ4n) is 0.948. The molecule has 1 aliphatic heterocycles. The number of nitrogens with two attached hydrogens (primary N) is 1. The van der Waals surface area contributed by atoms with Crippen molar-refractivity contribution in [1.82, 2.24) is 15.9 Å². The third-order valence-electron chi connectivity index (χ3n) is 1.52. The zero-order valence-electron chi connectivity index (χ0n) is 6.69. The second-order valence-corrected chi connectivity index (χ2v) is 2.30. The molecular formula is C5H10F2N4O. The molecule has 0 radical (unpaired) electrons. The Morgan fingerprint density at radius 3 is 2.67 bits per heavy atom. The maximum atomic E-state index is 13.4. The molecule has 1 rings (SSSR count). The standard InChI is InChI=1S/C5H10F2N4O/c1-11-4(6)3(12-2)5(7,9-8)10-11/h9-10H,8H2,1-2H3. The minimum Gasteiger partial charge on any atom is -0.491 e. The summed E-state index contributed by atoms with van der Waals surface area (Å²) in [5.74, 6) is 1.13. The lowest BCUT2D eigenvalue weighted by Crippen LogP contribution is -2.57. The Labute approximate surface area is 68.1 Å². The van der Waals surface area contributed by atoms with Crippen molar-refractivity contribution in [2.24, 2.45) is 5.84 Å². The molecule has 0 aliphatic carbocycles. The van der Waals surface area contributed by atoms with Gasteiger partial charge in [-0.25, -0.2) is 5.43 Å². The normalized spacial score (nSPS) is 29.9. The van der Waals surface area contributed by atoms with Gasteiger partial charge in [0.25, 0.3) is 0 Å². The average molecular weight is 180 g/mol. The smallest absolute Gasteiger partial charge is 0.307 e. The fraction of sp³-hybridized carbons (Fsp3) is 0.600. The van der Waals surface area contributed by atoms with Crippen molar-refractivity contribution in [3.8, 4) is 0 Å². The molecule has 1 unspecified atom stereocenters. The van der Waals surface area contributed by atoms with E-state index in [0.717, 1.165) is 12.1 Å². The Morgan fingerprint density at radius 1 is 1.75 bits per heavy atom. The van der Waals surface area contributed by atoms with Crippen molar-refractivity contribution >= 4 is 0 Å². The summed E-state index contributed by atoms with van der Waals surface area (Å²) >= 11 is 0. The average Bonchev–Trinajstić information content (AvgIpc) is 2.25. The van der Waals surface area contributed by atoms with Gasteiger partial charge in [-0.2, -0.15) is 14.2 Å². The van der Waals surface area contributed by atoms with Gasteiger partial charge in [-0.1, -0.05) is 0 Å². The van der Waals surface area contributed by atoms with E-state index in [2.05, 4.69) is 10.2 Å². The van der Waals surface area contributed by atoms with Crippen LogP contribution in [0.3, 0.4) is 0 Å². The quantitative estimate of drug-likeness (QED) is 0.298. The number of nitrogens with one attached hydrogen (secondary N) is 2. The summed E-state index contributed by atoms with van der Waals surface area (Å²) < 4.78 is 30.8. The van der Waals surface area contributed by atoms with E-state index in [4.69, 9.17) is 5.84 Å². The van der Waals surface area contributed by atoms with Crippen LogP contribution in [-0.2, 0) is 4.74 Å². The van der Waals surface area contributed by atoms with Crippen LogP contribution in [0.4, 0.5) is 8.78 Å². The van der Waals surface area contributed by atoms with Crippen LogP contribution >= 0.6 is 0 Å². The Hall–Kier alpha value is -0.920. The number of rotatable bonds is 2. The molecule has 1 aliphatic rings. The van der Waals surface area contributed by atoms with Gasteiger partial charge in [0.15, 0.2) is 0 Å². The number of halogens is 2. The maximum absolute atomic E-state index is 13.4. The lowest BCUT2D eigenvalue weighted by molar-refractivity contribution is 0.0279. The molecule has 0 bridgehead atoms. The SMILES string of the molecule is COC1=C(F)N(C)NC1(F)NN. The van der Waals surface area contributed by atoms with Crippen LogP contribution in [0, 0.1) is 0 Å². The lowest BCUT2D eigenvalue weighted by Gasteiger charge is -2.21. The van der Waals surface area contributed by atoms with Crippen molar-refractivity contribution in [3.63, 3.8) is 0 Å². The van der Waals surface area contributed by atoms with Gasteiger partial charge in [0.05, 0.1) is 7.11 Å². The molecule has 70 valence electrons. The first-order chi connectivity index (χ1) is 5.55. The largest absolute Gasteiger partial charge is 0.491 e. The molecule has 0 saturated heterocycles. The number of ether oxygens (including phenoxy) is 1. The van der Waals surface area contributed by atoms with Crippen molar-refractivity contribution < 1.29 is 13.5 Å². The van der Waals surface area contributed by atoms with E-state index in [0.29, 0.717) is 0 Å². The highest BCUT2D eigenvalue weighted by atomic mass is 19.2. The van der Waals surface area contributed by atoms with Crippen LogP contribution in [0.15, 0.2) is 11.7 Å². The fourth-order valence-corrected chi connectivity index (χ4v) is 0.948. The van der Waals surface area contributed by atoms with Gasteiger partial charge in [-0.15, -0.1) is 0 Å². The van der Waals surface area contributed by atoms with Gasteiger partial charge in [-0.3, -0.25) is 10.9 Å². The number of alkyl halides is 1. The zero-order chi connectivity index (χ0) is 9.35. The lowest BCUT2D eigenvalue weighted by atomic mass is 10.4. The van der Waals surface area contributed by atoms with Crippen LogP contribution in [-0.4, -0.2) is 25.1 Å². The van der Waals surface area contributed by atoms with Gasteiger partial charge in [0.1, 0.15) is 0 Å². The first kappa shape index (κ1) is 9.17. The number of methoxy groups -OCH3 is 1. The molecule has 0 aromatic carbocycles. The Kier molecular flexibility index (Phi) is 2.18. The van der Waals surface area contributed by atoms with Crippen molar-refractivity contribution in [2.75, 3.05) is 14.2 Å². The number of hydrogen-bond acceptors (Lipinski definition) is 5. The first-order valence-corrected chi connectivity index (χ1v) is 3.17. The highest BCUT2D eigenvalue weighted by Crippen LogP contribution is 2.28. The Balaban J connectivity index is 2.97. The van der Waals surface area contributed by atoms with E-state index in [9.17, 15) is 8.78 Å². The minimum atomic E-state index is -2.37. The van der Waals surface area contributed by atoms with E-state index in [1.807, 2.05) is 0 Å². The number of nitrogens with zero attached hydrogens (tertiary/aromatic N) is 1.